The minimum Gasteiger partial charge on any atom is -0.476 e. The van der Waals surface area contributed by atoms with Gasteiger partial charge >= 0.3 is 12.0 Å². The van der Waals surface area contributed by atoms with E-state index in [1.807, 2.05) is 5.01 Å². The third-order valence-electron chi connectivity index (χ3n) is 3.12. The van der Waals surface area contributed by atoms with Crippen molar-refractivity contribution in [3.05, 3.63) is 18.2 Å². The van der Waals surface area contributed by atoms with Crippen molar-refractivity contribution >= 4 is 12.0 Å². The first-order chi connectivity index (χ1) is 9.65. The topological polar surface area (TPSA) is 99.5 Å². The first-order valence-electron chi connectivity index (χ1n) is 6.69. The zero-order valence-corrected chi connectivity index (χ0v) is 11.2. The van der Waals surface area contributed by atoms with Crippen molar-refractivity contribution in [3.8, 4) is 0 Å². The number of aromatic carboxylic acids is 1. The number of imidazole rings is 1. The summed E-state index contributed by atoms with van der Waals surface area (Å²) in [6.45, 7) is 2.66. The summed E-state index contributed by atoms with van der Waals surface area (Å²) < 4.78 is 1.63. The summed E-state index contributed by atoms with van der Waals surface area (Å²) in [5.74, 6) is -1.06. The predicted molar refractivity (Wildman–Crippen MR) is 71.1 cm³/mol. The van der Waals surface area contributed by atoms with Crippen LogP contribution in [0.2, 0.25) is 0 Å². The molecule has 1 aromatic heterocycles. The lowest BCUT2D eigenvalue weighted by atomic mass is 10.2. The summed E-state index contributed by atoms with van der Waals surface area (Å²) in [5.41, 5.74) is 2.80. The summed E-state index contributed by atoms with van der Waals surface area (Å²) in [4.78, 5) is 26.0. The molecule has 0 aliphatic carbocycles. The number of hydrogen-bond donors (Lipinski definition) is 3. The highest BCUT2D eigenvalue weighted by Gasteiger charge is 2.12. The Morgan fingerprint density at radius 2 is 2.05 bits per heavy atom. The lowest BCUT2D eigenvalue weighted by Gasteiger charge is -2.26. The van der Waals surface area contributed by atoms with Gasteiger partial charge in [0.1, 0.15) is 0 Å². The average Bonchev–Trinajstić information content (AvgIpc) is 2.89. The number of urea groups is 1. The SMILES string of the molecule is O=C(NCCn1cnc(C(=O)O)c1)NN1CCCCC1. The molecule has 1 fully saturated rings. The molecule has 0 unspecified atom stereocenters. The van der Waals surface area contributed by atoms with Gasteiger partial charge in [-0.2, -0.15) is 0 Å². The molecule has 1 aliphatic rings. The van der Waals surface area contributed by atoms with Gasteiger partial charge in [0.25, 0.3) is 0 Å². The summed E-state index contributed by atoms with van der Waals surface area (Å²) in [6, 6.07) is -0.231. The number of carboxylic acid groups (broad SMARTS) is 1. The van der Waals surface area contributed by atoms with E-state index in [0.29, 0.717) is 13.1 Å². The first kappa shape index (κ1) is 14.3. The molecule has 0 radical (unpaired) electrons. The second-order valence-electron chi connectivity index (χ2n) is 4.72. The molecular weight excluding hydrogens is 262 g/mol. The zero-order chi connectivity index (χ0) is 14.4. The van der Waals surface area contributed by atoms with Gasteiger partial charge in [-0.1, -0.05) is 6.42 Å². The molecule has 20 heavy (non-hydrogen) atoms. The molecule has 2 amide bonds. The van der Waals surface area contributed by atoms with E-state index < -0.39 is 5.97 Å². The minimum absolute atomic E-state index is 0.00256. The second kappa shape index (κ2) is 6.90. The number of nitrogens with one attached hydrogen (secondary N) is 2. The molecule has 2 heterocycles. The van der Waals surface area contributed by atoms with Crippen LogP contribution in [0, 0.1) is 0 Å². The fourth-order valence-corrected chi connectivity index (χ4v) is 2.08. The molecule has 0 aromatic carbocycles. The quantitative estimate of drug-likeness (QED) is 0.720. The van der Waals surface area contributed by atoms with Gasteiger partial charge < -0.3 is 15.0 Å². The van der Waals surface area contributed by atoms with Crippen LogP contribution in [-0.4, -0.2) is 51.3 Å². The maximum atomic E-state index is 11.6. The largest absolute Gasteiger partial charge is 0.476 e. The van der Waals surface area contributed by atoms with E-state index in [2.05, 4.69) is 15.7 Å². The molecule has 8 heteroatoms. The molecule has 0 spiro atoms. The van der Waals surface area contributed by atoms with Gasteiger partial charge in [0.2, 0.25) is 0 Å². The van der Waals surface area contributed by atoms with Crippen molar-refractivity contribution in [1.82, 2.24) is 25.3 Å². The van der Waals surface area contributed by atoms with Crippen LogP contribution in [0.1, 0.15) is 29.8 Å². The van der Waals surface area contributed by atoms with Crippen LogP contribution in [0.15, 0.2) is 12.5 Å². The smallest absolute Gasteiger partial charge is 0.356 e. The number of carbonyl (C=O) groups is 2. The Labute approximate surface area is 116 Å². The Balaban J connectivity index is 1.66. The lowest BCUT2D eigenvalue weighted by molar-refractivity contribution is 0.0691. The fraction of sp³-hybridized carbons (Fsp3) is 0.583. The third-order valence-corrected chi connectivity index (χ3v) is 3.12. The van der Waals surface area contributed by atoms with Gasteiger partial charge in [-0.3, -0.25) is 5.43 Å². The number of amides is 2. The van der Waals surface area contributed by atoms with Crippen LogP contribution in [0.25, 0.3) is 0 Å². The maximum Gasteiger partial charge on any atom is 0.356 e. The van der Waals surface area contributed by atoms with Gasteiger partial charge in [0, 0.05) is 32.4 Å². The molecule has 1 aromatic rings. The number of aromatic nitrogens is 2. The third kappa shape index (κ3) is 4.23. The van der Waals surface area contributed by atoms with Crippen LogP contribution < -0.4 is 10.7 Å². The number of carboxylic acids is 1. The summed E-state index contributed by atoms with van der Waals surface area (Å²) >= 11 is 0. The molecule has 1 aliphatic heterocycles. The van der Waals surface area contributed by atoms with Gasteiger partial charge in [0.05, 0.1) is 6.33 Å². The van der Waals surface area contributed by atoms with Gasteiger partial charge in [-0.05, 0) is 12.8 Å². The van der Waals surface area contributed by atoms with Crippen molar-refractivity contribution in [2.75, 3.05) is 19.6 Å². The number of hydrogen-bond acceptors (Lipinski definition) is 4. The number of rotatable bonds is 5. The Morgan fingerprint density at radius 3 is 2.70 bits per heavy atom. The van der Waals surface area contributed by atoms with Gasteiger partial charge in [-0.25, -0.2) is 19.6 Å². The first-order valence-corrected chi connectivity index (χ1v) is 6.69. The van der Waals surface area contributed by atoms with Crippen molar-refractivity contribution in [3.63, 3.8) is 0 Å². The van der Waals surface area contributed by atoms with Crippen molar-refractivity contribution in [2.45, 2.75) is 25.8 Å². The normalized spacial score (nSPS) is 15.8. The molecule has 8 nitrogen and oxygen atoms in total. The Morgan fingerprint density at radius 1 is 1.30 bits per heavy atom. The van der Waals surface area contributed by atoms with E-state index in [0.717, 1.165) is 25.9 Å². The zero-order valence-electron chi connectivity index (χ0n) is 11.2. The summed E-state index contributed by atoms with van der Waals surface area (Å²) in [5, 5.41) is 13.4. The monoisotopic (exact) mass is 281 g/mol. The van der Waals surface area contributed by atoms with Crippen molar-refractivity contribution in [2.24, 2.45) is 0 Å². The van der Waals surface area contributed by atoms with E-state index in [9.17, 15) is 9.59 Å². The van der Waals surface area contributed by atoms with Crippen molar-refractivity contribution in [1.29, 1.82) is 0 Å². The molecule has 0 atom stereocenters. The van der Waals surface area contributed by atoms with Crippen LogP contribution >= 0.6 is 0 Å². The highest BCUT2D eigenvalue weighted by molar-refractivity contribution is 5.84. The molecule has 0 saturated carbocycles. The van der Waals surface area contributed by atoms with E-state index in [1.165, 1.54) is 18.9 Å². The number of nitrogens with zero attached hydrogens (tertiary/aromatic N) is 3. The van der Waals surface area contributed by atoms with Crippen LogP contribution in [0.4, 0.5) is 4.79 Å². The van der Waals surface area contributed by atoms with E-state index in [-0.39, 0.29) is 11.7 Å². The lowest BCUT2D eigenvalue weighted by Crippen LogP contribution is -2.49. The molecule has 110 valence electrons. The molecule has 2 rings (SSSR count). The van der Waals surface area contributed by atoms with E-state index >= 15 is 0 Å². The predicted octanol–water partition coefficient (Wildman–Crippen LogP) is 0.281. The molecule has 3 N–H and O–H groups in total. The van der Waals surface area contributed by atoms with Gasteiger partial charge in [-0.15, -0.1) is 0 Å². The Bertz CT molecular complexity index is 467. The van der Waals surface area contributed by atoms with E-state index in [1.54, 1.807) is 4.57 Å². The van der Waals surface area contributed by atoms with Crippen molar-refractivity contribution < 1.29 is 14.7 Å². The number of piperidine rings is 1. The second-order valence-corrected chi connectivity index (χ2v) is 4.72. The minimum atomic E-state index is -1.06. The van der Waals surface area contributed by atoms with Crippen LogP contribution in [-0.2, 0) is 6.54 Å². The standard InChI is InChI=1S/C12H19N5O3/c18-11(19)10-8-16(9-14-10)7-4-13-12(20)15-17-5-2-1-3-6-17/h8-9H,1-7H2,(H,18,19)(H2,13,15,20). The maximum absolute atomic E-state index is 11.6. The Kier molecular flexibility index (Phi) is 4.94. The highest BCUT2D eigenvalue weighted by Crippen LogP contribution is 2.05. The average molecular weight is 281 g/mol. The molecule has 1 saturated heterocycles. The highest BCUT2D eigenvalue weighted by atomic mass is 16.4. The van der Waals surface area contributed by atoms with Crippen LogP contribution in [0.3, 0.4) is 0 Å². The fourth-order valence-electron chi connectivity index (χ4n) is 2.08. The van der Waals surface area contributed by atoms with Crippen LogP contribution in [0.5, 0.6) is 0 Å². The molecular formula is C12H19N5O3. The number of hydrazine groups is 1. The summed E-state index contributed by atoms with van der Waals surface area (Å²) in [6.07, 6.45) is 6.30. The molecule has 0 bridgehead atoms. The van der Waals surface area contributed by atoms with E-state index in [4.69, 9.17) is 5.11 Å². The Hall–Kier alpha value is -2.09. The van der Waals surface area contributed by atoms with Gasteiger partial charge in [0.15, 0.2) is 5.69 Å². The summed E-state index contributed by atoms with van der Waals surface area (Å²) in [7, 11) is 0. The number of carbonyl (C=O) groups excluding carboxylic acids is 1.